The van der Waals surface area contributed by atoms with Crippen LogP contribution in [0.25, 0.3) is 0 Å². The zero-order valence-corrected chi connectivity index (χ0v) is 14.0. The van der Waals surface area contributed by atoms with Crippen LogP contribution >= 0.6 is 0 Å². The summed E-state index contributed by atoms with van der Waals surface area (Å²) in [5.41, 5.74) is 1.16. The van der Waals surface area contributed by atoms with Crippen molar-refractivity contribution >= 4 is 0 Å². The molecule has 21 heavy (non-hydrogen) atoms. The standard InChI is InChI=1S/C18H31FN2/c1-5-15(6-2)14-21(7-3)13-12-18(20-4)16-8-10-17(19)11-9-16/h8-11,15,18,20H,5-7,12-14H2,1-4H3. The molecule has 0 aliphatic rings. The van der Waals surface area contributed by atoms with Gasteiger partial charge in [-0.2, -0.15) is 0 Å². The zero-order chi connectivity index (χ0) is 15.7. The van der Waals surface area contributed by atoms with Crippen LogP contribution in [0.2, 0.25) is 0 Å². The molecule has 1 unspecified atom stereocenters. The van der Waals surface area contributed by atoms with Gasteiger partial charge in [0.2, 0.25) is 0 Å². The van der Waals surface area contributed by atoms with Crippen molar-refractivity contribution in [1.29, 1.82) is 0 Å². The molecule has 0 aliphatic heterocycles. The number of benzene rings is 1. The molecule has 0 aromatic heterocycles. The number of rotatable bonds is 10. The first kappa shape index (κ1) is 18.1. The van der Waals surface area contributed by atoms with Gasteiger partial charge in [-0.05, 0) is 50.2 Å². The lowest BCUT2D eigenvalue weighted by Gasteiger charge is -2.27. The second kappa shape index (κ2) is 9.91. The first-order valence-electron chi connectivity index (χ1n) is 8.29. The van der Waals surface area contributed by atoms with E-state index >= 15 is 0 Å². The van der Waals surface area contributed by atoms with Gasteiger partial charge in [0, 0.05) is 12.6 Å². The van der Waals surface area contributed by atoms with E-state index in [9.17, 15) is 4.39 Å². The molecule has 1 N–H and O–H groups in total. The van der Waals surface area contributed by atoms with Crippen molar-refractivity contribution in [3.05, 3.63) is 35.6 Å². The van der Waals surface area contributed by atoms with Gasteiger partial charge in [-0.15, -0.1) is 0 Å². The van der Waals surface area contributed by atoms with E-state index in [0.29, 0.717) is 6.04 Å². The summed E-state index contributed by atoms with van der Waals surface area (Å²) in [6.45, 7) is 10.1. The maximum Gasteiger partial charge on any atom is 0.123 e. The number of halogens is 1. The molecular weight excluding hydrogens is 263 g/mol. The molecule has 1 rings (SSSR count). The Hall–Kier alpha value is -0.930. The highest BCUT2D eigenvalue weighted by molar-refractivity contribution is 5.19. The Labute approximate surface area is 129 Å². The smallest absolute Gasteiger partial charge is 0.123 e. The summed E-state index contributed by atoms with van der Waals surface area (Å²) < 4.78 is 13.0. The highest BCUT2D eigenvalue weighted by Gasteiger charge is 2.14. The van der Waals surface area contributed by atoms with Gasteiger partial charge in [0.15, 0.2) is 0 Å². The lowest BCUT2D eigenvalue weighted by Crippen LogP contribution is -2.32. The summed E-state index contributed by atoms with van der Waals surface area (Å²) >= 11 is 0. The lowest BCUT2D eigenvalue weighted by atomic mass is 10.0. The van der Waals surface area contributed by atoms with E-state index in [2.05, 4.69) is 31.0 Å². The van der Waals surface area contributed by atoms with Crippen molar-refractivity contribution in [3.8, 4) is 0 Å². The third kappa shape index (κ3) is 6.15. The van der Waals surface area contributed by atoms with E-state index in [1.54, 1.807) is 12.1 Å². The van der Waals surface area contributed by atoms with E-state index in [4.69, 9.17) is 0 Å². The van der Waals surface area contributed by atoms with Gasteiger partial charge in [0.05, 0.1) is 0 Å². The number of hydrogen-bond donors (Lipinski definition) is 1. The van der Waals surface area contributed by atoms with Crippen LogP contribution < -0.4 is 5.32 Å². The minimum Gasteiger partial charge on any atom is -0.313 e. The summed E-state index contributed by atoms with van der Waals surface area (Å²) in [7, 11) is 1.98. The predicted molar refractivity (Wildman–Crippen MR) is 89.0 cm³/mol. The van der Waals surface area contributed by atoms with Gasteiger partial charge < -0.3 is 10.2 Å². The third-order valence-electron chi connectivity index (χ3n) is 4.47. The minimum atomic E-state index is -0.169. The first-order chi connectivity index (χ1) is 10.1. The lowest BCUT2D eigenvalue weighted by molar-refractivity contribution is 0.223. The maximum atomic E-state index is 13.0. The van der Waals surface area contributed by atoms with E-state index in [1.807, 2.05) is 19.2 Å². The van der Waals surface area contributed by atoms with Crippen LogP contribution in [-0.4, -0.2) is 31.6 Å². The van der Waals surface area contributed by atoms with Gasteiger partial charge in [-0.25, -0.2) is 4.39 Å². The molecule has 0 bridgehead atoms. The number of nitrogens with zero attached hydrogens (tertiary/aromatic N) is 1. The topological polar surface area (TPSA) is 15.3 Å². The monoisotopic (exact) mass is 294 g/mol. The van der Waals surface area contributed by atoms with Crippen LogP contribution in [0.3, 0.4) is 0 Å². The van der Waals surface area contributed by atoms with Crippen molar-refractivity contribution in [2.24, 2.45) is 5.92 Å². The van der Waals surface area contributed by atoms with Crippen LogP contribution in [0.4, 0.5) is 4.39 Å². The normalized spacial score (nSPS) is 13.1. The number of nitrogens with one attached hydrogen (secondary N) is 1. The highest BCUT2D eigenvalue weighted by Crippen LogP contribution is 2.18. The highest BCUT2D eigenvalue weighted by atomic mass is 19.1. The molecule has 3 heteroatoms. The Kier molecular flexibility index (Phi) is 8.55. The Bertz CT molecular complexity index is 373. The molecule has 120 valence electrons. The van der Waals surface area contributed by atoms with E-state index < -0.39 is 0 Å². The summed E-state index contributed by atoms with van der Waals surface area (Å²) in [5.74, 6) is 0.626. The Morgan fingerprint density at radius 1 is 1.10 bits per heavy atom. The molecule has 0 amide bonds. The second-order valence-electron chi connectivity index (χ2n) is 5.76. The van der Waals surface area contributed by atoms with Crippen molar-refractivity contribution < 1.29 is 4.39 Å². The molecule has 0 spiro atoms. The van der Waals surface area contributed by atoms with Crippen molar-refractivity contribution in [3.63, 3.8) is 0 Å². The molecule has 0 saturated heterocycles. The Balaban J connectivity index is 2.54. The Morgan fingerprint density at radius 3 is 2.19 bits per heavy atom. The molecule has 1 atom stereocenters. The van der Waals surface area contributed by atoms with Crippen molar-refractivity contribution in [1.82, 2.24) is 10.2 Å². The molecule has 0 radical (unpaired) electrons. The van der Waals surface area contributed by atoms with Gasteiger partial charge >= 0.3 is 0 Å². The third-order valence-corrected chi connectivity index (χ3v) is 4.47. The van der Waals surface area contributed by atoms with Crippen molar-refractivity contribution in [2.75, 3.05) is 26.7 Å². The predicted octanol–water partition coefficient (Wildman–Crippen LogP) is 4.23. The van der Waals surface area contributed by atoms with Crippen LogP contribution in [0.15, 0.2) is 24.3 Å². The van der Waals surface area contributed by atoms with Gasteiger partial charge in [0.1, 0.15) is 5.82 Å². The van der Waals surface area contributed by atoms with Gasteiger partial charge in [-0.3, -0.25) is 0 Å². The average molecular weight is 294 g/mol. The molecule has 2 nitrogen and oxygen atoms in total. The molecule has 0 saturated carbocycles. The van der Waals surface area contributed by atoms with Crippen molar-refractivity contribution in [2.45, 2.75) is 46.1 Å². The quantitative estimate of drug-likeness (QED) is 0.694. The SMILES string of the molecule is CCC(CC)CN(CC)CCC(NC)c1ccc(F)cc1. The van der Waals surface area contributed by atoms with Crippen LogP contribution in [-0.2, 0) is 0 Å². The largest absolute Gasteiger partial charge is 0.313 e. The number of hydrogen-bond acceptors (Lipinski definition) is 2. The van der Waals surface area contributed by atoms with E-state index in [-0.39, 0.29) is 5.82 Å². The summed E-state index contributed by atoms with van der Waals surface area (Å²) in [5, 5.41) is 3.35. The maximum absolute atomic E-state index is 13.0. The zero-order valence-electron chi connectivity index (χ0n) is 14.0. The molecule has 1 aromatic carbocycles. The molecule has 1 aromatic rings. The fraction of sp³-hybridized carbons (Fsp3) is 0.667. The van der Waals surface area contributed by atoms with E-state index in [1.165, 1.54) is 19.4 Å². The van der Waals surface area contributed by atoms with Crippen LogP contribution in [0.1, 0.15) is 51.6 Å². The molecule has 0 aliphatic carbocycles. The summed E-state index contributed by atoms with van der Waals surface area (Å²) in [4.78, 5) is 2.53. The summed E-state index contributed by atoms with van der Waals surface area (Å²) in [6, 6.07) is 7.14. The molecule has 0 heterocycles. The van der Waals surface area contributed by atoms with Gasteiger partial charge in [-0.1, -0.05) is 45.7 Å². The minimum absolute atomic E-state index is 0.169. The van der Waals surface area contributed by atoms with Gasteiger partial charge in [0.25, 0.3) is 0 Å². The van der Waals surface area contributed by atoms with Crippen LogP contribution in [0.5, 0.6) is 0 Å². The molecule has 0 fully saturated rings. The first-order valence-corrected chi connectivity index (χ1v) is 8.29. The summed E-state index contributed by atoms with van der Waals surface area (Å²) in [6.07, 6.45) is 3.55. The van der Waals surface area contributed by atoms with E-state index in [0.717, 1.165) is 31.0 Å². The average Bonchev–Trinajstić information content (AvgIpc) is 2.52. The Morgan fingerprint density at radius 2 is 1.71 bits per heavy atom. The second-order valence-corrected chi connectivity index (χ2v) is 5.76. The van der Waals surface area contributed by atoms with Crippen LogP contribution in [0, 0.1) is 11.7 Å². The fourth-order valence-corrected chi connectivity index (χ4v) is 2.77. The molecular formula is C18H31FN2. The fourth-order valence-electron chi connectivity index (χ4n) is 2.77.